The zero-order valence-electron chi connectivity index (χ0n) is 13.0. The Labute approximate surface area is 127 Å². The smallest absolute Gasteiger partial charge is 0.264 e. The van der Waals surface area contributed by atoms with Gasteiger partial charge in [-0.3, -0.25) is 9.35 Å². The molecule has 1 atom stereocenters. The average molecular weight is 320 g/mol. The molecule has 1 aliphatic rings. The minimum absolute atomic E-state index is 0.0104. The Morgan fingerprint density at radius 2 is 1.86 bits per heavy atom. The van der Waals surface area contributed by atoms with Gasteiger partial charge in [0.2, 0.25) is 5.91 Å². The van der Waals surface area contributed by atoms with E-state index in [0.717, 1.165) is 12.8 Å². The van der Waals surface area contributed by atoms with Crippen LogP contribution in [-0.2, 0) is 14.9 Å². The molecule has 0 radical (unpaired) electrons. The van der Waals surface area contributed by atoms with E-state index < -0.39 is 10.1 Å². The molecule has 0 aromatic heterocycles. The number of hydrogen-bond acceptors (Lipinski definition) is 4. The maximum Gasteiger partial charge on any atom is 0.264 e. The second-order valence-corrected chi connectivity index (χ2v) is 7.73. The van der Waals surface area contributed by atoms with Crippen molar-refractivity contribution >= 4 is 16.0 Å². The molecule has 1 rings (SSSR count). The molecule has 1 saturated carbocycles. The highest BCUT2D eigenvalue weighted by Crippen LogP contribution is 2.17. The number of hydrogen-bond donors (Lipinski definition) is 3. The first-order valence-corrected chi connectivity index (χ1v) is 9.39. The van der Waals surface area contributed by atoms with Crippen LogP contribution in [0.5, 0.6) is 0 Å². The van der Waals surface area contributed by atoms with Gasteiger partial charge < -0.3 is 10.6 Å². The van der Waals surface area contributed by atoms with Crippen molar-refractivity contribution in [1.82, 2.24) is 10.6 Å². The minimum atomic E-state index is -3.93. The summed E-state index contributed by atoms with van der Waals surface area (Å²) in [5, 5.41) is 6.18. The van der Waals surface area contributed by atoms with Crippen molar-refractivity contribution in [2.24, 2.45) is 5.92 Å². The summed E-state index contributed by atoms with van der Waals surface area (Å²) in [5.41, 5.74) is 0. The Morgan fingerprint density at radius 1 is 1.24 bits per heavy atom. The van der Waals surface area contributed by atoms with Crippen molar-refractivity contribution in [2.75, 3.05) is 12.3 Å². The van der Waals surface area contributed by atoms with Crippen molar-refractivity contribution in [3.63, 3.8) is 0 Å². The third kappa shape index (κ3) is 7.78. The predicted molar refractivity (Wildman–Crippen MR) is 82.7 cm³/mol. The fraction of sp³-hybridized carbons (Fsp3) is 0.929. The quantitative estimate of drug-likeness (QED) is 0.463. The fourth-order valence-electron chi connectivity index (χ4n) is 2.68. The van der Waals surface area contributed by atoms with E-state index in [1.165, 1.54) is 19.3 Å². The Balaban J connectivity index is 2.38. The maximum atomic E-state index is 12.3. The Kier molecular flexibility index (Phi) is 7.62. The van der Waals surface area contributed by atoms with E-state index in [9.17, 15) is 13.2 Å². The first kappa shape index (κ1) is 18.4. The van der Waals surface area contributed by atoms with Crippen LogP contribution in [0.3, 0.4) is 0 Å². The van der Waals surface area contributed by atoms with Gasteiger partial charge >= 0.3 is 0 Å². The maximum absolute atomic E-state index is 12.3. The zero-order valence-corrected chi connectivity index (χ0v) is 13.8. The van der Waals surface area contributed by atoms with E-state index in [2.05, 4.69) is 10.6 Å². The lowest BCUT2D eigenvalue weighted by Gasteiger charge is -2.27. The van der Waals surface area contributed by atoms with E-state index in [1.54, 1.807) is 0 Å². The second-order valence-electron chi connectivity index (χ2n) is 6.16. The third-order valence-corrected chi connectivity index (χ3v) is 4.65. The van der Waals surface area contributed by atoms with E-state index in [-0.39, 0.29) is 29.7 Å². The number of rotatable bonds is 8. The van der Waals surface area contributed by atoms with Gasteiger partial charge in [-0.15, -0.1) is 0 Å². The summed E-state index contributed by atoms with van der Waals surface area (Å²) in [7, 11) is -3.93. The summed E-state index contributed by atoms with van der Waals surface area (Å²) in [5.74, 6) is -0.169. The van der Waals surface area contributed by atoms with Crippen molar-refractivity contribution in [3.05, 3.63) is 0 Å². The molecule has 0 unspecified atom stereocenters. The molecular formula is C14H28N2O4S. The van der Waals surface area contributed by atoms with Crippen LogP contribution in [0.25, 0.3) is 0 Å². The van der Waals surface area contributed by atoms with Crippen LogP contribution in [0, 0.1) is 5.92 Å². The topological polar surface area (TPSA) is 95.5 Å². The van der Waals surface area contributed by atoms with Gasteiger partial charge in [-0.1, -0.05) is 33.1 Å². The minimum Gasteiger partial charge on any atom is -0.352 e. The predicted octanol–water partition coefficient (Wildman–Crippen LogP) is 1.33. The fourth-order valence-corrected chi connectivity index (χ4v) is 3.19. The summed E-state index contributed by atoms with van der Waals surface area (Å²) in [6.45, 7) is 4.31. The van der Waals surface area contributed by atoms with Crippen molar-refractivity contribution < 1.29 is 17.8 Å². The van der Waals surface area contributed by atoms with Crippen LogP contribution < -0.4 is 10.6 Å². The summed E-state index contributed by atoms with van der Waals surface area (Å²) in [6.07, 6.45) is 5.95. The van der Waals surface area contributed by atoms with E-state index >= 15 is 0 Å². The molecule has 1 aliphatic carbocycles. The van der Waals surface area contributed by atoms with Gasteiger partial charge in [-0.2, -0.15) is 8.42 Å². The van der Waals surface area contributed by atoms with E-state index in [4.69, 9.17) is 4.55 Å². The molecule has 0 aromatic carbocycles. The summed E-state index contributed by atoms with van der Waals surface area (Å²) >= 11 is 0. The van der Waals surface area contributed by atoms with Crippen LogP contribution in [0.2, 0.25) is 0 Å². The monoisotopic (exact) mass is 320 g/mol. The molecule has 6 nitrogen and oxygen atoms in total. The first-order chi connectivity index (χ1) is 9.79. The lowest BCUT2D eigenvalue weighted by atomic mass is 9.94. The van der Waals surface area contributed by atoms with Crippen molar-refractivity contribution in [2.45, 2.75) is 64.5 Å². The highest BCUT2D eigenvalue weighted by Gasteiger charge is 2.24. The summed E-state index contributed by atoms with van der Waals surface area (Å²) in [4.78, 5) is 12.3. The Morgan fingerprint density at radius 3 is 2.38 bits per heavy atom. The molecule has 1 fully saturated rings. The molecule has 0 heterocycles. The zero-order chi connectivity index (χ0) is 15.9. The van der Waals surface area contributed by atoms with Crippen molar-refractivity contribution in [3.8, 4) is 0 Å². The molecule has 3 N–H and O–H groups in total. The SMILES string of the molecule is CC(C)[C@@H](NCCCS(=O)(=O)O)C(=O)NC1CCCCC1. The van der Waals surface area contributed by atoms with E-state index in [1.807, 2.05) is 13.8 Å². The third-order valence-electron chi connectivity index (χ3n) is 3.84. The van der Waals surface area contributed by atoms with Gasteiger partial charge in [-0.05, 0) is 31.7 Å². The van der Waals surface area contributed by atoms with Gasteiger partial charge in [0, 0.05) is 6.04 Å². The Bertz CT molecular complexity index is 417. The molecule has 124 valence electrons. The number of carbonyl (C=O) groups excluding carboxylic acids is 1. The van der Waals surface area contributed by atoms with Gasteiger partial charge in [0.25, 0.3) is 10.1 Å². The van der Waals surface area contributed by atoms with E-state index in [0.29, 0.717) is 13.0 Å². The molecule has 1 amide bonds. The summed E-state index contributed by atoms with van der Waals surface area (Å²) in [6, 6.07) is -0.0551. The summed E-state index contributed by atoms with van der Waals surface area (Å²) < 4.78 is 30.0. The largest absolute Gasteiger partial charge is 0.352 e. The van der Waals surface area contributed by atoms with Gasteiger partial charge in [0.05, 0.1) is 11.8 Å². The number of nitrogens with one attached hydrogen (secondary N) is 2. The highest BCUT2D eigenvalue weighted by molar-refractivity contribution is 7.85. The molecule has 0 bridgehead atoms. The van der Waals surface area contributed by atoms with Crippen LogP contribution in [0.15, 0.2) is 0 Å². The van der Waals surface area contributed by atoms with Crippen LogP contribution in [0.4, 0.5) is 0 Å². The molecule has 0 spiro atoms. The van der Waals surface area contributed by atoms with Gasteiger partial charge in [0.1, 0.15) is 0 Å². The molecule has 0 aromatic rings. The normalized spacial score (nSPS) is 18.7. The molecule has 7 heteroatoms. The molecule has 0 aliphatic heterocycles. The first-order valence-electron chi connectivity index (χ1n) is 7.78. The van der Waals surface area contributed by atoms with Crippen molar-refractivity contribution in [1.29, 1.82) is 0 Å². The molecule has 21 heavy (non-hydrogen) atoms. The average Bonchev–Trinajstić information content (AvgIpc) is 2.37. The standard InChI is InChI=1S/C14H28N2O4S/c1-11(2)13(15-9-6-10-21(18,19)20)14(17)16-12-7-4-3-5-8-12/h11-13,15H,3-10H2,1-2H3,(H,16,17)(H,18,19,20)/t13-/m1/s1. The lowest BCUT2D eigenvalue weighted by Crippen LogP contribution is -2.51. The van der Waals surface area contributed by atoms with Crippen LogP contribution >= 0.6 is 0 Å². The second kappa shape index (κ2) is 8.70. The van der Waals surface area contributed by atoms with Crippen LogP contribution in [-0.4, -0.2) is 43.3 Å². The number of amides is 1. The van der Waals surface area contributed by atoms with Crippen LogP contribution in [0.1, 0.15) is 52.4 Å². The van der Waals surface area contributed by atoms with Gasteiger partial charge in [0.15, 0.2) is 0 Å². The molecule has 0 saturated heterocycles. The Hall–Kier alpha value is -0.660. The molecular weight excluding hydrogens is 292 g/mol. The highest BCUT2D eigenvalue weighted by atomic mass is 32.2. The lowest BCUT2D eigenvalue weighted by molar-refractivity contribution is -0.125. The number of carbonyl (C=O) groups is 1. The van der Waals surface area contributed by atoms with Gasteiger partial charge in [-0.25, -0.2) is 0 Å².